The van der Waals surface area contributed by atoms with Crippen LogP contribution in [0, 0.1) is 0 Å². The van der Waals surface area contributed by atoms with Gasteiger partial charge in [0.1, 0.15) is 11.5 Å². The Hall–Kier alpha value is -1.88. The number of nitrogens with one attached hydrogen (secondary N) is 1. The second-order valence-electron chi connectivity index (χ2n) is 8.11. The Balaban J connectivity index is 1.52. The number of ether oxygens (including phenoxy) is 2. The van der Waals surface area contributed by atoms with Crippen LogP contribution in [0.4, 0.5) is 5.69 Å². The molecule has 2 fully saturated rings. The van der Waals surface area contributed by atoms with Crippen LogP contribution in [0.15, 0.2) is 18.2 Å². The number of hydrogen-bond acceptors (Lipinski definition) is 6. The van der Waals surface area contributed by atoms with E-state index in [0.717, 1.165) is 25.7 Å². The van der Waals surface area contributed by atoms with Gasteiger partial charge in [-0.15, -0.1) is 0 Å². The molecular formula is C21H34N4O5S. The molecule has 174 valence electrons. The molecule has 0 aromatic heterocycles. The lowest BCUT2D eigenvalue weighted by molar-refractivity contribution is -0.117. The van der Waals surface area contributed by atoms with E-state index in [1.54, 1.807) is 48.1 Å². The molecule has 1 saturated carbocycles. The van der Waals surface area contributed by atoms with Crippen LogP contribution in [0.5, 0.6) is 11.5 Å². The zero-order valence-electron chi connectivity index (χ0n) is 18.7. The lowest BCUT2D eigenvalue weighted by Crippen LogP contribution is -2.55. The topological polar surface area (TPSA) is 91.4 Å². The molecule has 2 aliphatic rings. The standard InChI is InChI=1S/C21H34N4O5S/c1-23(17-7-5-4-6-8-17)31(27,28)25-13-11-24(12-14-25)16-21(26)22-19-15-18(29-2)9-10-20(19)30-3/h9-10,15,17H,4-8,11-14,16H2,1-3H3,(H,22,26). The van der Waals surface area contributed by atoms with E-state index in [1.807, 2.05) is 4.90 Å². The third-order valence-corrected chi connectivity index (χ3v) is 8.20. The monoisotopic (exact) mass is 454 g/mol. The number of hydrogen-bond donors (Lipinski definition) is 1. The largest absolute Gasteiger partial charge is 0.497 e. The van der Waals surface area contributed by atoms with E-state index in [1.165, 1.54) is 6.42 Å². The van der Waals surface area contributed by atoms with Gasteiger partial charge in [-0.25, -0.2) is 0 Å². The van der Waals surface area contributed by atoms with Crippen LogP contribution >= 0.6 is 0 Å². The number of benzene rings is 1. The third kappa shape index (κ3) is 5.88. The van der Waals surface area contributed by atoms with Gasteiger partial charge < -0.3 is 14.8 Å². The fourth-order valence-electron chi connectivity index (χ4n) is 4.24. The minimum atomic E-state index is -3.47. The molecule has 9 nitrogen and oxygen atoms in total. The minimum Gasteiger partial charge on any atom is -0.497 e. The van der Waals surface area contributed by atoms with Gasteiger partial charge in [-0.3, -0.25) is 9.69 Å². The molecule has 1 heterocycles. The Kier molecular flexibility index (Phi) is 8.15. The molecule has 0 atom stereocenters. The molecule has 1 aromatic rings. The van der Waals surface area contributed by atoms with Crippen molar-refractivity contribution in [1.29, 1.82) is 0 Å². The SMILES string of the molecule is COc1ccc(OC)c(NC(=O)CN2CCN(S(=O)(=O)N(C)C3CCCCC3)CC2)c1. The van der Waals surface area contributed by atoms with Crippen LogP contribution < -0.4 is 14.8 Å². The first-order valence-electron chi connectivity index (χ1n) is 10.8. The van der Waals surface area contributed by atoms with Gasteiger partial charge in [0, 0.05) is 45.3 Å². The van der Waals surface area contributed by atoms with Gasteiger partial charge in [0.2, 0.25) is 5.91 Å². The van der Waals surface area contributed by atoms with Crippen molar-refractivity contribution >= 4 is 21.8 Å². The first-order valence-corrected chi connectivity index (χ1v) is 12.2. The van der Waals surface area contributed by atoms with Crippen molar-refractivity contribution in [3.8, 4) is 11.5 Å². The first kappa shape index (κ1) is 23.8. The van der Waals surface area contributed by atoms with Crippen LogP contribution in [0.2, 0.25) is 0 Å². The zero-order valence-corrected chi connectivity index (χ0v) is 19.5. The van der Waals surface area contributed by atoms with Crippen LogP contribution in [-0.2, 0) is 15.0 Å². The molecule has 0 radical (unpaired) electrons. The summed E-state index contributed by atoms with van der Waals surface area (Å²) >= 11 is 0. The zero-order chi connectivity index (χ0) is 22.4. The van der Waals surface area contributed by atoms with E-state index < -0.39 is 10.2 Å². The summed E-state index contributed by atoms with van der Waals surface area (Å²) < 4.78 is 39.6. The summed E-state index contributed by atoms with van der Waals surface area (Å²) in [5, 5.41) is 2.86. The van der Waals surface area contributed by atoms with Gasteiger partial charge in [0.15, 0.2) is 0 Å². The highest BCUT2D eigenvalue weighted by atomic mass is 32.2. The lowest BCUT2D eigenvalue weighted by Gasteiger charge is -2.38. The molecule has 1 aliphatic carbocycles. The number of methoxy groups -OCH3 is 2. The molecule has 1 amide bonds. The van der Waals surface area contributed by atoms with Crippen molar-refractivity contribution in [2.45, 2.75) is 38.1 Å². The predicted molar refractivity (Wildman–Crippen MR) is 120 cm³/mol. The molecule has 31 heavy (non-hydrogen) atoms. The molecule has 0 unspecified atom stereocenters. The van der Waals surface area contributed by atoms with Crippen LogP contribution in [0.25, 0.3) is 0 Å². The smallest absolute Gasteiger partial charge is 0.282 e. The quantitative estimate of drug-likeness (QED) is 0.644. The summed E-state index contributed by atoms with van der Waals surface area (Å²) in [7, 11) is 1.34. The summed E-state index contributed by atoms with van der Waals surface area (Å²) in [5.41, 5.74) is 0.544. The number of anilines is 1. The Morgan fingerprint density at radius 2 is 1.77 bits per heavy atom. The van der Waals surface area contributed by atoms with Crippen molar-refractivity contribution in [1.82, 2.24) is 13.5 Å². The average Bonchev–Trinajstić information content (AvgIpc) is 2.79. The average molecular weight is 455 g/mol. The van der Waals surface area contributed by atoms with E-state index in [-0.39, 0.29) is 18.5 Å². The molecule has 0 spiro atoms. The summed E-state index contributed by atoms with van der Waals surface area (Å²) in [4.78, 5) is 14.5. The Bertz CT molecular complexity index is 849. The summed E-state index contributed by atoms with van der Waals surface area (Å²) in [6.07, 6.45) is 5.23. The Labute approximate surface area is 185 Å². The van der Waals surface area contributed by atoms with Crippen LogP contribution in [-0.4, -0.2) is 87.9 Å². The molecule has 10 heteroatoms. The maximum Gasteiger partial charge on any atom is 0.282 e. The van der Waals surface area contributed by atoms with E-state index in [4.69, 9.17) is 9.47 Å². The number of carbonyl (C=O) groups is 1. The number of amides is 1. The predicted octanol–water partition coefficient (Wildman–Crippen LogP) is 1.77. The fourth-order valence-corrected chi connectivity index (χ4v) is 5.81. The molecule has 0 bridgehead atoms. The van der Waals surface area contributed by atoms with Crippen molar-refractivity contribution < 1.29 is 22.7 Å². The van der Waals surface area contributed by atoms with E-state index in [9.17, 15) is 13.2 Å². The molecule has 1 N–H and O–H groups in total. The maximum absolute atomic E-state index is 13.0. The second-order valence-corrected chi connectivity index (χ2v) is 10.1. The highest BCUT2D eigenvalue weighted by molar-refractivity contribution is 7.86. The van der Waals surface area contributed by atoms with Crippen molar-refractivity contribution in [3.05, 3.63) is 18.2 Å². The number of rotatable bonds is 8. The third-order valence-electron chi connectivity index (χ3n) is 6.16. The first-order chi connectivity index (χ1) is 14.8. The van der Waals surface area contributed by atoms with Crippen molar-refractivity contribution in [2.75, 3.05) is 59.3 Å². The molecule has 1 aromatic carbocycles. The summed E-state index contributed by atoms with van der Waals surface area (Å²) in [6.45, 7) is 1.98. The van der Waals surface area contributed by atoms with Gasteiger partial charge in [0.25, 0.3) is 10.2 Å². The van der Waals surface area contributed by atoms with Crippen molar-refractivity contribution in [3.63, 3.8) is 0 Å². The maximum atomic E-state index is 13.0. The Morgan fingerprint density at radius 3 is 2.39 bits per heavy atom. The van der Waals surface area contributed by atoms with E-state index >= 15 is 0 Å². The van der Waals surface area contributed by atoms with Gasteiger partial charge in [0.05, 0.1) is 26.5 Å². The molecule has 1 aliphatic heterocycles. The second kappa shape index (κ2) is 10.6. The Morgan fingerprint density at radius 1 is 1.10 bits per heavy atom. The number of nitrogens with zero attached hydrogens (tertiary/aromatic N) is 3. The summed E-state index contributed by atoms with van der Waals surface area (Å²) in [6, 6.07) is 5.31. The van der Waals surface area contributed by atoms with Crippen LogP contribution in [0.3, 0.4) is 0 Å². The lowest BCUT2D eigenvalue weighted by atomic mass is 9.96. The van der Waals surface area contributed by atoms with Gasteiger partial charge in [-0.2, -0.15) is 17.0 Å². The highest BCUT2D eigenvalue weighted by Gasteiger charge is 2.34. The minimum absolute atomic E-state index is 0.0976. The van der Waals surface area contributed by atoms with Gasteiger partial charge >= 0.3 is 0 Å². The summed E-state index contributed by atoms with van der Waals surface area (Å²) in [5.74, 6) is 0.995. The highest BCUT2D eigenvalue weighted by Crippen LogP contribution is 2.29. The normalized spacial score (nSPS) is 19.4. The number of piperazine rings is 1. The molecule has 1 saturated heterocycles. The van der Waals surface area contributed by atoms with E-state index in [2.05, 4.69) is 5.32 Å². The van der Waals surface area contributed by atoms with E-state index in [0.29, 0.717) is 43.4 Å². The molecular weight excluding hydrogens is 420 g/mol. The fraction of sp³-hybridized carbons (Fsp3) is 0.667. The molecule has 3 rings (SSSR count). The van der Waals surface area contributed by atoms with Crippen molar-refractivity contribution in [2.24, 2.45) is 0 Å². The van der Waals surface area contributed by atoms with Gasteiger partial charge in [-0.1, -0.05) is 19.3 Å². The number of carbonyl (C=O) groups excluding carboxylic acids is 1. The van der Waals surface area contributed by atoms with Gasteiger partial charge in [-0.05, 0) is 25.0 Å². The van der Waals surface area contributed by atoms with Crippen LogP contribution in [0.1, 0.15) is 32.1 Å².